The maximum Gasteiger partial charge on any atom is 0.295 e. The molecule has 0 radical (unpaired) electrons. The number of hydrogen-bond donors (Lipinski definition) is 1. The lowest BCUT2D eigenvalue weighted by Gasteiger charge is -2.26. The minimum absolute atomic E-state index is 0.0254. The van der Waals surface area contributed by atoms with Crippen LogP contribution in [-0.4, -0.2) is 60.4 Å². The molecule has 0 bridgehead atoms. The van der Waals surface area contributed by atoms with Crippen LogP contribution < -0.4 is 4.74 Å². The van der Waals surface area contributed by atoms with Gasteiger partial charge < -0.3 is 19.6 Å². The Balaban J connectivity index is 2.10. The molecule has 1 heterocycles. The molecule has 1 fully saturated rings. The first-order chi connectivity index (χ1) is 16.0. The number of aryl methyl sites for hydroxylation is 1. The molecule has 0 aromatic heterocycles. The Morgan fingerprint density at radius 3 is 2.41 bits per heavy atom. The number of likely N-dealkylation sites (tertiary alicyclic amines) is 1. The van der Waals surface area contributed by atoms with E-state index in [1.807, 2.05) is 25.9 Å². The minimum atomic E-state index is -0.785. The van der Waals surface area contributed by atoms with Crippen molar-refractivity contribution >= 4 is 40.7 Å². The Hall–Kier alpha value is -2.54. The van der Waals surface area contributed by atoms with E-state index in [2.05, 4.69) is 13.8 Å². The summed E-state index contributed by atoms with van der Waals surface area (Å²) in [6.07, 6.45) is 0. The van der Waals surface area contributed by atoms with Crippen molar-refractivity contribution in [1.82, 2.24) is 9.80 Å². The average molecular weight is 505 g/mol. The normalized spacial score (nSPS) is 17.8. The fraction of sp³-hybridized carbons (Fsp3) is 0.385. The average Bonchev–Trinajstić information content (AvgIpc) is 3.02. The molecule has 6 nitrogen and oxygen atoms in total. The van der Waals surface area contributed by atoms with Crippen molar-refractivity contribution in [2.45, 2.75) is 26.8 Å². The van der Waals surface area contributed by atoms with E-state index < -0.39 is 17.7 Å². The predicted octanol–water partition coefficient (Wildman–Crippen LogP) is 5.32. The minimum Gasteiger partial charge on any atom is -0.507 e. The summed E-state index contributed by atoms with van der Waals surface area (Å²) in [6, 6.07) is 9.40. The molecule has 3 rings (SSSR count). The Morgan fingerprint density at radius 1 is 1.12 bits per heavy atom. The number of ether oxygens (including phenoxy) is 1. The predicted molar refractivity (Wildman–Crippen MR) is 136 cm³/mol. The second-order valence-corrected chi connectivity index (χ2v) is 9.97. The van der Waals surface area contributed by atoms with Gasteiger partial charge in [-0.25, -0.2) is 0 Å². The maximum absolute atomic E-state index is 13.1. The smallest absolute Gasteiger partial charge is 0.295 e. The van der Waals surface area contributed by atoms with Gasteiger partial charge in [0, 0.05) is 18.7 Å². The van der Waals surface area contributed by atoms with Crippen LogP contribution in [0.4, 0.5) is 0 Å². The fourth-order valence-electron chi connectivity index (χ4n) is 3.82. The Bertz CT molecular complexity index is 1130. The summed E-state index contributed by atoms with van der Waals surface area (Å²) >= 11 is 12.4. The molecule has 0 spiro atoms. The number of hydrogen-bond acceptors (Lipinski definition) is 5. The van der Waals surface area contributed by atoms with E-state index in [0.717, 1.165) is 5.56 Å². The van der Waals surface area contributed by atoms with Crippen LogP contribution >= 0.6 is 23.2 Å². The number of carbonyl (C=O) groups excluding carboxylic acids is 2. The summed E-state index contributed by atoms with van der Waals surface area (Å²) in [4.78, 5) is 29.5. The Kier molecular flexibility index (Phi) is 8.29. The van der Waals surface area contributed by atoms with E-state index in [1.165, 1.54) is 4.90 Å². The van der Waals surface area contributed by atoms with Crippen molar-refractivity contribution in [2.75, 3.05) is 33.8 Å². The van der Waals surface area contributed by atoms with Gasteiger partial charge in [-0.1, -0.05) is 43.1 Å². The van der Waals surface area contributed by atoms with Crippen LogP contribution in [0.3, 0.4) is 0 Å². The zero-order valence-electron chi connectivity index (χ0n) is 20.1. The highest BCUT2D eigenvalue weighted by molar-refractivity contribution is 6.46. The van der Waals surface area contributed by atoms with E-state index >= 15 is 0 Å². The second kappa shape index (κ2) is 10.8. The van der Waals surface area contributed by atoms with Gasteiger partial charge in [-0.05, 0) is 68.4 Å². The number of benzene rings is 2. The van der Waals surface area contributed by atoms with Crippen molar-refractivity contribution in [3.8, 4) is 5.75 Å². The Morgan fingerprint density at radius 2 is 1.82 bits per heavy atom. The summed E-state index contributed by atoms with van der Waals surface area (Å²) in [5, 5.41) is 11.9. The molecule has 0 saturated carbocycles. The molecule has 8 heteroatoms. The molecule has 182 valence electrons. The lowest BCUT2D eigenvalue weighted by Crippen LogP contribution is -2.35. The first kappa shape index (κ1) is 26.1. The third-order valence-electron chi connectivity index (χ3n) is 5.61. The van der Waals surface area contributed by atoms with Gasteiger partial charge >= 0.3 is 0 Å². The van der Waals surface area contributed by atoms with Crippen LogP contribution in [-0.2, 0) is 9.59 Å². The number of aliphatic hydroxyl groups is 1. The molecule has 2 aromatic carbocycles. The standard InChI is InChI=1S/C26H30Cl2N2O4/c1-15(2)14-34-21-9-7-18(12-16(21)3)24(31)22-23(17-6-8-19(27)20(28)13-17)30(11-10-29(4)5)26(33)25(22)32/h6-9,12-13,15,23,31H,10-11,14H2,1-5H3/b24-22-. The van der Waals surface area contributed by atoms with Gasteiger partial charge in [-0.15, -0.1) is 0 Å². The first-order valence-corrected chi connectivity index (χ1v) is 11.9. The number of rotatable bonds is 8. The van der Waals surface area contributed by atoms with Gasteiger partial charge in [0.25, 0.3) is 11.7 Å². The van der Waals surface area contributed by atoms with Gasteiger partial charge in [0.1, 0.15) is 11.5 Å². The van der Waals surface area contributed by atoms with Gasteiger partial charge in [0.05, 0.1) is 28.3 Å². The number of amides is 1. The molecule has 1 aliphatic rings. The zero-order valence-corrected chi connectivity index (χ0v) is 21.6. The van der Waals surface area contributed by atoms with Crippen molar-refractivity contribution in [3.05, 3.63) is 68.7 Å². The summed E-state index contributed by atoms with van der Waals surface area (Å²) in [5.74, 6) is -0.548. The van der Waals surface area contributed by atoms with E-state index in [-0.39, 0.29) is 11.3 Å². The number of carbonyl (C=O) groups is 2. The molecule has 1 saturated heterocycles. The van der Waals surface area contributed by atoms with Crippen LogP contribution in [0.25, 0.3) is 5.76 Å². The number of aliphatic hydroxyl groups excluding tert-OH is 1. The van der Waals surface area contributed by atoms with Crippen LogP contribution in [0.5, 0.6) is 5.75 Å². The largest absolute Gasteiger partial charge is 0.507 e. The summed E-state index contributed by atoms with van der Waals surface area (Å²) in [6.45, 7) is 7.42. The number of ketones is 1. The van der Waals surface area contributed by atoms with Crippen molar-refractivity contribution in [3.63, 3.8) is 0 Å². The van der Waals surface area contributed by atoms with E-state index in [4.69, 9.17) is 27.9 Å². The van der Waals surface area contributed by atoms with Crippen molar-refractivity contribution in [2.24, 2.45) is 5.92 Å². The lowest BCUT2D eigenvalue weighted by atomic mass is 9.94. The fourth-order valence-corrected chi connectivity index (χ4v) is 4.12. The van der Waals surface area contributed by atoms with E-state index in [0.29, 0.717) is 52.5 Å². The molecule has 1 unspecified atom stereocenters. The topological polar surface area (TPSA) is 70.1 Å². The third kappa shape index (κ3) is 5.57. The van der Waals surface area contributed by atoms with Crippen LogP contribution in [0, 0.1) is 12.8 Å². The molecule has 1 amide bonds. The first-order valence-electron chi connectivity index (χ1n) is 11.1. The van der Waals surface area contributed by atoms with Gasteiger partial charge in [-0.2, -0.15) is 0 Å². The molecule has 1 aliphatic heterocycles. The molecule has 0 aliphatic carbocycles. The SMILES string of the molecule is Cc1cc(/C(O)=C2/C(=O)C(=O)N(CCN(C)C)C2c2ccc(Cl)c(Cl)c2)ccc1OCC(C)C. The monoisotopic (exact) mass is 504 g/mol. The third-order valence-corrected chi connectivity index (χ3v) is 6.35. The van der Waals surface area contributed by atoms with E-state index in [1.54, 1.807) is 36.4 Å². The number of likely N-dealkylation sites (N-methyl/N-ethyl adjacent to an activating group) is 1. The van der Waals surface area contributed by atoms with Crippen LogP contribution in [0.2, 0.25) is 10.0 Å². The number of nitrogens with zero attached hydrogens (tertiary/aromatic N) is 2. The molecule has 34 heavy (non-hydrogen) atoms. The lowest BCUT2D eigenvalue weighted by molar-refractivity contribution is -0.140. The van der Waals surface area contributed by atoms with Gasteiger partial charge in [-0.3, -0.25) is 9.59 Å². The number of halogens is 2. The molecule has 2 aromatic rings. The highest BCUT2D eigenvalue weighted by Gasteiger charge is 2.46. The van der Waals surface area contributed by atoms with Gasteiger partial charge in [0.2, 0.25) is 0 Å². The van der Waals surface area contributed by atoms with Gasteiger partial charge in [0.15, 0.2) is 0 Å². The quantitative estimate of drug-likeness (QED) is 0.299. The summed E-state index contributed by atoms with van der Waals surface area (Å²) in [7, 11) is 3.77. The Labute approximate surface area is 210 Å². The van der Waals surface area contributed by atoms with Crippen molar-refractivity contribution < 1.29 is 19.4 Å². The van der Waals surface area contributed by atoms with Crippen LogP contribution in [0.15, 0.2) is 42.0 Å². The second-order valence-electron chi connectivity index (χ2n) is 9.15. The molecule has 1 N–H and O–H groups in total. The number of Topliss-reactive ketones (excluding diaryl/α,β-unsaturated/α-hetero) is 1. The molecule has 1 atom stereocenters. The van der Waals surface area contributed by atoms with Crippen molar-refractivity contribution in [1.29, 1.82) is 0 Å². The summed E-state index contributed by atoms with van der Waals surface area (Å²) < 4.78 is 5.82. The highest BCUT2D eigenvalue weighted by Crippen LogP contribution is 2.41. The zero-order chi connectivity index (χ0) is 25.2. The summed E-state index contributed by atoms with van der Waals surface area (Å²) in [5.41, 5.74) is 1.88. The van der Waals surface area contributed by atoms with Crippen LogP contribution in [0.1, 0.15) is 36.6 Å². The molecular weight excluding hydrogens is 475 g/mol. The maximum atomic E-state index is 13.1. The highest BCUT2D eigenvalue weighted by atomic mass is 35.5. The van der Waals surface area contributed by atoms with E-state index in [9.17, 15) is 14.7 Å². The molecular formula is C26H30Cl2N2O4.